The first-order valence-corrected chi connectivity index (χ1v) is 7.67. The minimum atomic E-state index is 0. The monoisotopic (exact) mass is 423 g/mol. The largest absolute Gasteiger partial charge is 0.792 e. The summed E-state index contributed by atoms with van der Waals surface area (Å²) in [5.41, 5.74) is 0.556. The van der Waals surface area contributed by atoms with Gasteiger partial charge in [0.05, 0.1) is 0 Å². The molecular formula is C17H26CoN5O4-5. The van der Waals surface area contributed by atoms with Crippen LogP contribution < -0.4 is 0 Å². The van der Waals surface area contributed by atoms with E-state index in [0.717, 1.165) is 0 Å². The van der Waals surface area contributed by atoms with Crippen molar-refractivity contribution in [1.29, 1.82) is 0 Å². The summed E-state index contributed by atoms with van der Waals surface area (Å²) in [5, 5.41) is 48.4. The van der Waals surface area contributed by atoms with Gasteiger partial charge in [0.15, 0.2) is 0 Å². The molecule has 0 aromatic carbocycles. The third-order valence-electron chi connectivity index (χ3n) is 2.57. The van der Waals surface area contributed by atoms with Crippen molar-refractivity contribution in [3.05, 3.63) is 57.8 Å². The van der Waals surface area contributed by atoms with Crippen LogP contribution in [-0.2, 0) is 16.8 Å². The van der Waals surface area contributed by atoms with Crippen molar-refractivity contribution < 1.29 is 16.8 Å². The van der Waals surface area contributed by atoms with Crippen LogP contribution >= 0.6 is 0 Å². The predicted octanol–water partition coefficient (Wildman–Crippen LogP) is 4.51. The Morgan fingerprint density at radius 1 is 0.741 bits per heavy atom. The Bertz CT molecular complexity index is 457. The van der Waals surface area contributed by atoms with E-state index in [1.807, 2.05) is 18.2 Å². The zero-order valence-electron chi connectivity index (χ0n) is 16.4. The molecule has 0 aliphatic heterocycles. The van der Waals surface area contributed by atoms with E-state index in [1.54, 1.807) is 12.4 Å². The number of hydrogen-bond donors (Lipinski definition) is 0. The standard InChI is InChI=1S/C5H5N.2C4H8N2O2.C4H9.Co/c1-2-4-6-5-3-1;2*1-3(5-7)4(2)6-8;1-3-4-2;/h1-5H;2*7-8H,1-2H3;3H,4H2,1-2H3;/q;;;-1;/p-4. The van der Waals surface area contributed by atoms with Crippen molar-refractivity contribution in [2.75, 3.05) is 0 Å². The number of nitrogens with zero attached hydrogens (tertiary/aromatic N) is 5. The van der Waals surface area contributed by atoms with Gasteiger partial charge < -0.3 is 47.9 Å². The normalized spacial score (nSPS) is 11.3. The number of aromatic nitrogens is 1. The maximum atomic E-state index is 9.60. The number of pyridine rings is 1. The quantitative estimate of drug-likeness (QED) is 0.397. The topological polar surface area (TPSA) is 155 Å². The summed E-state index contributed by atoms with van der Waals surface area (Å²) in [6.45, 7) is 9.92. The van der Waals surface area contributed by atoms with Crippen molar-refractivity contribution in [3.8, 4) is 0 Å². The van der Waals surface area contributed by atoms with Crippen molar-refractivity contribution in [1.82, 2.24) is 4.98 Å². The number of rotatable bonds is 3. The van der Waals surface area contributed by atoms with E-state index in [4.69, 9.17) is 0 Å². The first-order valence-electron chi connectivity index (χ1n) is 7.67. The van der Waals surface area contributed by atoms with E-state index in [1.165, 1.54) is 34.1 Å². The van der Waals surface area contributed by atoms with Crippen LogP contribution in [0.4, 0.5) is 0 Å². The second kappa shape index (κ2) is 25.8. The van der Waals surface area contributed by atoms with Gasteiger partial charge in [0.2, 0.25) is 0 Å². The summed E-state index contributed by atoms with van der Waals surface area (Å²) in [4.78, 5) is 3.78. The van der Waals surface area contributed by atoms with Crippen molar-refractivity contribution in [2.45, 2.75) is 48.0 Å². The van der Waals surface area contributed by atoms with Crippen LogP contribution in [0.15, 0.2) is 51.2 Å². The molecule has 1 rings (SSSR count). The molecule has 0 amide bonds. The van der Waals surface area contributed by atoms with Gasteiger partial charge in [-0.15, -0.1) is 0 Å². The molecule has 0 saturated heterocycles. The Morgan fingerprint density at radius 3 is 1.07 bits per heavy atom. The average Bonchev–Trinajstić information content (AvgIpc) is 2.73. The summed E-state index contributed by atoms with van der Waals surface area (Å²) < 4.78 is 0. The molecule has 0 unspecified atom stereocenters. The Balaban J connectivity index is -0.000000133. The van der Waals surface area contributed by atoms with Crippen molar-refractivity contribution in [2.24, 2.45) is 20.6 Å². The van der Waals surface area contributed by atoms with Crippen LogP contribution in [0.1, 0.15) is 48.0 Å². The first-order chi connectivity index (χ1) is 12.4. The predicted molar refractivity (Wildman–Crippen MR) is 110 cm³/mol. The van der Waals surface area contributed by atoms with Crippen molar-refractivity contribution in [3.63, 3.8) is 0 Å². The second-order valence-corrected chi connectivity index (χ2v) is 4.55. The number of unbranched alkanes of at least 4 members (excludes halogenated alkanes) is 1. The average molecular weight is 423 g/mol. The first kappa shape index (κ1) is 32.2. The van der Waals surface area contributed by atoms with Gasteiger partial charge in [0, 0.05) is 52.0 Å². The third-order valence-corrected chi connectivity index (χ3v) is 2.57. The van der Waals surface area contributed by atoms with Gasteiger partial charge in [0.25, 0.3) is 0 Å². The van der Waals surface area contributed by atoms with Crippen LogP contribution in [-0.4, -0.2) is 27.8 Å². The van der Waals surface area contributed by atoms with E-state index >= 15 is 0 Å². The van der Waals surface area contributed by atoms with Gasteiger partial charge in [-0.2, -0.15) is 13.3 Å². The summed E-state index contributed by atoms with van der Waals surface area (Å²) >= 11 is 0. The molecule has 10 heteroatoms. The molecule has 9 nitrogen and oxygen atoms in total. The number of hydrogen-bond acceptors (Lipinski definition) is 9. The van der Waals surface area contributed by atoms with Crippen LogP contribution in [0.5, 0.6) is 0 Å². The van der Waals surface area contributed by atoms with Gasteiger partial charge >= 0.3 is 0 Å². The smallest absolute Gasteiger partial charge is 0.0465 e. The van der Waals surface area contributed by atoms with E-state index in [-0.39, 0.29) is 39.6 Å². The second-order valence-electron chi connectivity index (χ2n) is 4.55. The van der Waals surface area contributed by atoms with E-state index in [9.17, 15) is 20.8 Å². The molecule has 0 bridgehead atoms. The van der Waals surface area contributed by atoms with Crippen molar-refractivity contribution >= 4 is 22.8 Å². The Labute approximate surface area is 171 Å². The summed E-state index contributed by atoms with van der Waals surface area (Å²) in [6, 6.07) is 5.72. The summed E-state index contributed by atoms with van der Waals surface area (Å²) in [7, 11) is 0. The molecule has 1 aromatic rings. The molecule has 0 N–H and O–H groups in total. The minimum Gasteiger partial charge on any atom is -0.792 e. The molecule has 0 fully saturated rings. The van der Waals surface area contributed by atoms with E-state index in [2.05, 4.69) is 45.9 Å². The maximum absolute atomic E-state index is 9.60. The summed E-state index contributed by atoms with van der Waals surface area (Å²) in [6.07, 6.45) is 6.82. The van der Waals surface area contributed by atoms with Gasteiger partial charge in [-0.25, -0.2) is 0 Å². The van der Waals surface area contributed by atoms with Gasteiger partial charge in [-0.3, -0.25) is 4.98 Å². The fraction of sp³-hybridized carbons (Fsp3) is 0.412. The van der Waals surface area contributed by atoms with Gasteiger partial charge in [-0.1, -0.05) is 13.0 Å². The van der Waals surface area contributed by atoms with Crippen LogP contribution in [0.3, 0.4) is 0 Å². The molecule has 157 valence electrons. The Hall–Kier alpha value is -2.46. The molecule has 0 atom stereocenters. The fourth-order valence-corrected chi connectivity index (χ4v) is 0.577. The van der Waals surface area contributed by atoms with E-state index < -0.39 is 0 Å². The molecule has 0 aliphatic rings. The molecule has 27 heavy (non-hydrogen) atoms. The SMILES string of the molecule is CC(=N[O-])C(C)=N[O-].CC(=N[O-])C(C)=N[O-].C[CH-]CC.[Co].c1ccncc1. The zero-order valence-corrected chi connectivity index (χ0v) is 17.4. The minimum absolute atomic E-state index is 0. The van der Waals surface area contributed by atoms with Gasteiger partial charge in [-0.05, 0) is 39.8 Å². The molecule has 1 aromatic heterocycles. The maximum Gasteiger partial charge on any atom is 0.0465 e. The Kier molecular flexibility index (Phi) is 30.8. The third kappa shape index (κ3) is 25.9. The molecule has 0 aliphatic carbocycles. The molecule has 1 heterocycles. The Morgan fingerprint density at radius 2 is 1.00 bits per heavy atom. The van der Waals surface area contributed by atoms with Crippen LogP contribution in [0.2, 0.25) is 0 Å². The molecule has 0 saturated carbocycles. The van der Waals surface area contributed by atoms with Gasteiger partial charge in [0.1, 0.15) is 0 Å². The van der Waals surface area contributed by atoms with Crippen LogP contribution in [0, 0.1) is 27.2 Å². The summed E-state index contributed by atoms with van der Waals surface area (Å²) in [5.74, 6) is 0. The fourth-order valence-electron chi connectivity index (χ4n) is 0.577. The van der Waals surface area contributed by atoms with E-state index in [0.29, 0.717) is 0 Å². The molecule has 0 spiro atoms. The zero-order chi connectivity index (χ0) is 20.8. The molecule has 1 radical (unpaired) electrons. The molecular weight excluding hydrogens is 397 g/mol. The van der Waals surface area contributed by atoms with Crippen LogP contribution in [0.25, 0.3) is 0 Å².